The minimum atomic E-state index is -0.407. The molecule has 0 aliphatic heterocycles. The number of ether oxygens (including phenoxy) is 4. The van der Waals surface area contributed by atoms with Crippen molar-refractivity contribution in [3.8, 4) is 23.0 Å². The number of rotatable bonds is 8. The molecule has 0 saturated heterocycles. The van der Waals surface area contributed by atoms with E-state index in [4.69, 9.17) is 30.5 Å². The molecule has 0 unspecified atom stereocenters. The van der Waals surface area contributed by atoms with Crippen LogP contribution in [0.25, 0.3) is 0 Å². The monoisotopic (exact) mass is 378 g/mol. The molecule has 0 radical (unpaired) electrons. The minimum absolute atomic E-state index is 0.179. The summed E-state index contributed by atoms with van der Waals surface area (Å²) in [6.07, 6.45) is 1.45. The first-order valence-electron chi connectivity index (χ1n) is 7.57. The quantitative estimate of drug-likeness (QED) is 0.564. The van der Waals surface area contributed by atoms with E-state index in [1.807, 2.05) is 0 Å². The van der Waals surface area contributed by atoms with Crippen LogP contribution in [0.4, 0.5) is 0 Å². The highest BCUT2D eigenvalue weighted by atomic mass is 35.5. The van der Waals surface area contributed by atoms with Crippen molar-refractivity contribution in [1.82, 2.24) is 5.43 Å². The van der Waals surface area contributed by atoms with Gasteiger partial charge in [0.05, 0.1) is 27.5 Å². The van der Waals surface area contributed by atoms with Gasteiger partial charge in [-0.25, -0.2) is 5.43 Å². The lowest BCUT2D eigenvalue weighted by atomic mass is 10.2. The molecule has 2 rings (SSSR count). The van der Waals surface area contributed by atoms with Crippen molar-refractivity contribution in [3.05, 3.63) is 47.0 Å². The third-order valence-electron chi connectivity index (χ3n) is 3.31. The molecule has 1 N–H and O–H groups in total. The summed E-state index contributed by atoms with van der Waals surface area (Å²) in [7, 11) is 4.59. The molecule has 0 spiro atoms. The van der Waals surface area contributed by atoms with Crippen LogP contribution in [0.1, 0.15) is 5.56 Å². The van der Waals surface area contributed by atoms with Gasteiger partial charge < -0.3 is 18.9 Å². The predicted octanol–water partition coefficient (Wildman–Crippen LogP) is 2.89. The first-order valence-corrected chi connectivity index (χ1v) is 7.95. The Morgan fingerprint density at radius 3 is 2.27 bits per heavy atom. The molecule has 0 fully saturated rings. The molecule has 26 heavy (non-hydrogen) atoms. The van der Waals surface area contributed by atoms with Crippen molar-refractivity contribution in [2.75, 3.05) is 27.9 Å². The summed E-state index contributed by atoms with van der Waals surface area (Å²) < 4.78 is 21.1. The van der Waals surface area contributed by atoms with Gasteiger partial charge in [-0.05, 0) is 30.3 Å². The van der Waals surface area contributed by atoms with E-state index in [2.05, 4.69) is 10.5 Å². The van der Waals surface area contributed by atoms with Crippen LogP contribution in [0.5, 0.6) is 23.0 Å². The normalized spacial score (nSPS) is 10.5. The number of hydrogen-bond acceptors (Lipinski definition) is 6. The Kier molecular flexibility index (Phi) is 7.11. The fraction of sp³-hybridized carbons (Fsp3) is 0.222. The largest absolute Gasteiger partial charge is 0.496 e. The predicted molar refractivity (Wildman–Crippen MR) is 98.8 cm³/mol. The molecule has 0 saturated carbocycles. The highest BCUT2D eigenvalue weighted by molar-refractivity contribution is 6.30. The number of amides is 1. The Morgan fingerprint density at radius 2 is 1.65 bits per heavy atom. The van der Waals surface area contributed by atoms with Crippen LogP contribution in [-0.2, 0) is 4.79 Å². The molecule has 2 aromatic rings. The zero-order valence-corrected chi connectivity index (χ0v) is 15.4. The van der Waals surface area contributed by atoms with Crippen molar-refractivity contribution < 1.29 is 23.7 Å². The number of halogens is 1. The van der Waals surface area contributed by atoms with Crippen molar-refractivity contribution >= 4 is 23.7 Å². The number of nitrogens with zero attached hydrogens (tertiary/aromatic N) is 1. The van der Waals surface area contributed by atoms with Gasteiger partial charge in [-0.15, -0.1) is 0 Å². The van der Waals surface area contributed by atoms with E-state index in [-0.39, 0.29) is 6.61 Å². The van der Waals surface area contributed by atoms with Crippen molar-refractivity contribution in [1.29, 1.82) is 0 Å². The number of benzene rings is 2. The maximum absolute atomic E-state index is 11.8. The lowest BCUT2D eigenvalue weighted by Crippen LogP contribution is -2.24. The molecule has 8 heteroatoms. The lowest BCUT2D eigenvalue weighted by Gasteiger charge is -2.11. The topological polar surface area (TPSA) is 78.4 Å². The van der Waals surface area contributed by atoms with E-state index in [1.165, 1.54) is 27.5 Å². The number of hydrazone groups is 1. The van der Waals surface area contributed by atoms with Gasteiger partial charge in [-0.2, -0.15) is 5.10 Å². The van der Waals surface area contributed by atoms with Crippen LogP contribution in [-0.4, -0.2) is 40.1 Å². The maximum Gasteiger partial charge on any atom is 0.277 e. The Labute approximate surface area is 156 Å². The zero-order valence-electron chi connectivity index (χ0n) is 14.6. The maximum atomic E-state index is 11.8. The van der Waals surface area contributed by atoms with Gasteiger partial charge in [-0.3, -0.25) is 4.79 Å². The molecule has 7 nitrogen and oxygen atoms in total. The summed E-state index contributed by atoms with van der Waals surface area (Å²) >= 11 is 5.79. The van der Waals surface area contributed by atoms with Gasteiger partial charge in [0.15, 0.2) is 18.1 Å². The molecule has 2 aromatic carbocycles. The first kappa shape index (κ1) is 19.4. The average Bonchev–Trinajstić information content (AvgIpc) is 2.67. The van der Waals surface area contributed by atoms with Crippen LogP contribution in [0, 0.1) is 0 Å². The number of nitrogens with one attached hydrogen (secondary N) is 1. The van der Waals surface area contributed by atoms with Crippen LogP contribution in [0.3, 0.4) is 0 Å². The third-order valence-corrected chi connectivity index (χ3v) is 3.56. The summed E-state index contributed by atoms with van der Waals surface area (Å²) in [4.78, 5) is 11.8. The third kappa shape index (κ3) is 5.29. The van der Waals surface area contributed by atoms with Crippen molar-refractivity contribution in [3.63, 3.8) is 0 Å². The number of carbonyl (C=O) groups excluding carboxylic acids is 1. The van der Waals surface area contributed by atoms with E-state index < -0.39 is 5.91 Å². The van der Waals surface area contributed by atoms with Gasteiger partial charge in [-0.1, -0.05) is 11.6 Å². The van der Waals surface area contributed by atoms with Crippen molar-refractivity contribution in [2.45, 2.75) is 0 Å². The summed E-state index contributed by atoms with van der Waals surface area (Å²) in [6, 6.07) is 10.1. The fourth-order valence-corrected chi connectivity index (χ4v) is 2.17. The Balaban J connectivity index is 1.96. The van der Waals surface area contributed by atoms with Crippen LogP contribution < -0.4 is 24.4 Å². The highest BCUT2D eigenvalue weighted by Gasteiger charge is 2.10. The first-order chi connectivity index (χ1) is 12.6. The molecule has 138 valence electrons. The van der Waals surface area contributed by atoms with Crippen LogP contribution in [0.2, 0.25) is 5.02 Å². The van der Waals surface area contributed by atoms with E-state index >= 15 is 0 Å². The minimum Gasteiger partial charge on any atom is -0.496 e. The second kappa shape index (κ2) is 9.53. The van der Waals surface area contributed by atoms with E-state index in [0.717, 1.165) is 0 Å². The molecule has 0 bridgehead atoms. The summed E-state index contributed by atoms with van der Waals surface area (Å²) in [5.74, 6) is 1.71. The Morgan fingerprint density at radius 1 is 1.04 bits per heavy atom. The molecular formula is C18H19ClN2O5. The molecule has 0 aliphatic rings. The SMILES string of the molecule is COc1cc(OC)c(OC)cc1C=NNC(=O)COc1ccc(Cl)cc1. The van der Waals surface area contributed by atoms with E-state index in [0.29, 0.717) is 33.6 Å². The lowest BCUT2D eigenvalue weighted by molar-refractivity contribution is -0.123. The smallest absolute Gasteiger partial charge is 0.277 e. The van der Waals surface area contributed by atoms with Gasteiger partial charge in [0, 0.05) is 16.7 Å². The number of carbonyl (C=O) groups is 1. The molecule has 1 amide bonds. The standard InChI is InChI=1S/C18H19ClN2O5/c1-23-15-9-17(25-3)16(24-2)8-12(15)10-20-21-18(22)11-26-14-6-4-13(19)5-7-14/h4-10H,11H2,1-3H3,(H,21,22). The number of methoxy groups -OCH3 is 3. The zero-order chi connectivity index (χ0) is 18.9. The summed E-state index contributed by atoms with van der Waals surface area (Å²) in [5, 5.41) is 4.50. The second-order valence-electron chi connectivity index (χ2n) is 4.98. The number of hydrogen-bond donors (Lipinski definition) is 1. The van der Waals surface area contributed by atoms with Gasteiger partial charge >= 0.3 is 0 Å². The van der Waals surface area contributed by atoms with Gasteiger partial charge in [0.2, 0.25) is 0 Å². The molecule has 0 aromatic heterocycles. The average molecular weight is 379 g/mol. The second-order valence-corrected chi connectivity index (χ2v) is 5.42. The highest BCUT2D eigenvalue weighted by Crippen LogP contribution is 2.33. The van der Waals surface area contributed by atoms with E-state index in [9.17, 15) is 4.79 Å². The Hall–Kier alpha value is -2.93. The summed E-state index contributed by atoms with van der Waals surface area (Å²) in [5.41, 5.74) is 3.00. The van der Waals surface area contributed by atoms with Crippen molar-refractivity contribution in [2.24, 2.45) is 5.10 Å². The van der Waals surface area contributed by atoms with Crippen LogP contribution >= 0.6 is 11.6 Å². The van der Waals surface area contributed by atoms with Gasteiger partial charge in [0.1, 0.15) is 11.5 Å². The fourth-order valence-electron chi connectivity index (χ4n) is 2.04. The molecular weight excluding hydrogens is 360 g/mol. The van der Waals surface area contributed by atoms with E-state index in [1.54, 1.807) is 36.4 Å². The molecule has 0 atom stereocenters. The Bertz CT molecular complexity index is 778. The van der Waals surface area contributed by atoms with Crippen LogP contribution in [0.15, 0.2) is 41.5 Å². The molecule has 0 aliphatic carbocycles. The molecule has 0 heterocycles. The summed E-state index contributed by atoms with van der Waals surface area (Å²) in [6.45, 7) is -0.179. The van der Waals surface area contributed by atoms with Gasteiger partial charge in [0.25, 0.3) is 5.91 Å².